The molecular formula is C19H26N6O3S. The van der Waals surface area contributed by atoms with E-state index in [0.29, 0.717) is 22.6 Å². The molecule has 0 spiro atoms. The number of hydrogen-bond donors (Lipinski definition) is 3. The molecule has 3 rings (SSSR count). The summed E-state index contributed by atoms with van der Waals surface area (Å²) >= 11 is 1.12. The van der Waals surface area contributed by atoms with Gasteiger partial charge in [0.25, 0.3) is 0 Å². The van der Waals surface area contributed by atoms with Crippen molar-refractivity contribution in [1.82, 2.24) is 25.5 Å². The van der Waals surface area contributed by atoms with Gasteiger partial charge in [0.2, 0.25) is 11.1 Å². The van der Waals surface area contributed by atoms with Crippen LogP contribution in [0.2, 0.25) is 0 Å². The number of carbonyl (C=O) groups is 2. The smallest absolute Gasteiger partial charge is 0.321 e. The lowest BCUT2D eigenvalue weighted by Crippen LogP contribution is -2.43. The van der Waals surface area contributed by atoms with Crippen LogP contribution in [0.4, 0.5) is 4.79 Å². The number of nitrogens with two attached hydrogens (primary N) is 1. The molecule has 156 valence electrons. The van der Waals surface area contributed by atoms with Crippen LogP contribution in [0.15, 0.2) is 29.4 Å². The SMILES string of the molecule is CC(Sc1nnc(COc2ccc(C(C)C)cc2)n1N)C(=O)NC(=O)NC1CC1. The van der Waals surface area contributed by atoms with Gasteiger partial charge in [0.15, 0.2) is 5.82 Å². The van der Waals surface area contributed by atoms with Gasteiger partial charge in [0.05, 0.1) is 5.25 Å². The maximum atomic E-state index is 12.1. The minimum atomic E-state index is -0.566. The summed E-state index contributed by atoms with van der Waals surface area (Å²) in [5.41, 5.74) is 1.23. The van der Waals surface area contributed by atoms with Crippen molar-refractivity contribution < 1.29 is 14.3 Å². The Labute approximate surface area is 173 Å². The molecule has 1 unspecified atom stereocenters. The molecule has 1 aliphatic carbocycles. The van der Waals surface area contributed by atoms with Gasteiger partial charge in [-0.1, -0.05) is 37.7 Å². The number of rotatable bonds is 8. The molecule has 9 nitrogen and oxygen atoms in total. The normalized spacial score (nSPS) is 14.5. The number of nitrogens with one attached hydrogen (secondary N) is 2. The van der Waals surface area contributed by atoms with Crippen LogP contribution in [0.5, 0.6) is 5.75 Å². The van der Waals surface area contributed by atoms with Gasteiger partial charge in [-0.3, -0.25) is 10.1 Å². The fourth-order valence-electron chi connectivity index (χ4n) is 2.46. The predicted molar refractivity (Wildman–Crippen MR) is 110 cm³/mol. The monoisotopic (exact) mass is 418 g/mol. The zero-order chi connectivity index (χ0) is 21.0. The number of carbonyl (C=O) groups excluding carboxylic acids is 2. The second-order valence-corrected chi connectivity index (χ2v) is 8.59. The number of ether oxygens (including phenoxy) is 1. The van der Waals surface area contributed by atoms with Crippen molar-refractivity contribution in [2.45, 2.75) is 62.6 Å². The van der Waals surface area contributed by atoms with Crippen LogP contribution in [0.3, 0.4) is 0 Å². The largest absolute Gasteiger partial charge is 0.486 e. The maximum Gasteiger partial charge on any atom is 0.321 e. The number of nitrogens with zero attached hydrogens (tertiary/aromatic N) is 3. The summed E-state index contributed by atoms with van der Waals surface area (Å²) in [7, 11) is 0. The molecule has 4 N–H and O–H groups in total. The average molecular weight is 419 g/mol. The fraction of sp³-hybridized carbons (Fsp3) is 0.474. The van der Waals surface area contributed by atoms with E-state index in [4.69, 9.17) is 10.6 Å². The third-order valence-electron chi connectivity index (χ3n) is 4.45. The van der Waals surface area contributed by atoms with E-state index >= 15 is 0 Å². The first kappa shape index (κ1) is 21.0. The van der Waals surface area contributed by atoms with Gasteiger partial charge in [-0.25, -0.2) is 9.47 Å². The topological polar surface area (TPSA) is 124 Å². The van der Waals surface area contributed by atoms with Crippen molar-refractivity contribution in [3.8, 4) is 5.75 Å². The number of thioether (sulfide) groups is 1. The first-order chi connectivity index (χ1) is 13.8. The van der Waals surface area contributed by atoms with Gasteiger partial charge >= 0.3 is 6.03 Å². The average Bonchev–Trinajstić information content (AvgIpc) is 3.43. The molecular weight excluding hydrogens is 392 g/mol. The zero-order valence-electron chi connectivity index (χ0n) is 16.7. The highest BCUT2D eigenvalue weighted by Gasteiger charge is 2.26. The van der Waals surface area contributed by atoms with E-state index in [1.54, 1.807) is 6.92 Å². The van der Waals surface area contributed by atoms with Gasteiger partial charge in [0.1, 0.15) is 12.4 Å². The quantitative estimate of drug-likeness (QED) is 0.443. The van der Waals surface area contributed by atoms with Crippen molar-refractivity contribution in [1.29, 1.82) is 0 Å². The molecule has 29 heavy (non-hydrogen) atoms. The molecule has 0 saturated heterocycles. The molecule has 1 aromatic heterocycles. The molecule has 0 aliphatic heterocycles. The van der Waals surface area contributed by atoms with E-state index in [0.717, 1.165) is 24.6 Å². The Hall–Kier alpha value is -2.75. The van der Waals surface area contributed by atoms with Crippen LogP contribution in [0.1, 0.15) is 50.9 Å². The third kappa shape index (κ3) is 5.86. The van der Waals surface area contributed by atoms with Gasteiger partial charge in [-0.05, 0) is 43.4 Å². The molecule has 2 aromatic rings. The maximum absolute atomic E-state index is 12.1. The highest BCUT2D eigenvalue weighted by atomic mass is 32.2. The van der Waals surface area contributed by atoms with Gasteiger partial charge in [-0.2, -0.15) is 0 Å². The van der Waals surface area contributed by atoms with Crippen LogP contribution in [-0.2, 0) is 11.4 Å². The lowest BCUT2D eigenvalue weighted by atomic mass is 10.0. The van der Waals surface area contributed by atoms with Crippen molar-refractivity contribution in [3.63, 3.8) is 0 Å². The van der Waals surface area contributed by atoms with Crippen molar-refractivity contribution in [2.75, 3.05) is 5.84 Å². The Bertz CT molecular complexity index is 863. The Balaban J connectivity index is 1.51. The van der Waals surface area contributed by atoms with Gasteiger partial charge in [-0.15, -0.1) is 10.2 Å². The molecule has 1 aromatic carbocycles. The standard InChI is InChI=1S/C19H26N6O3S/c1-11(2)13-4-8-15(9-5-13)28-10-16-23-24-19(25(16)20)29-12(3)17(26)22-18(27)21-14-6-7-14/h4-5,8-9,11-12,14H,6-7,10,20H2,1-3H3,(H2,21,22,26,27). The Morgan fingerprint density at radius 2 is 1.93 bits per heavy atom. The molecule has 0 bridgehead atoms. The molecule has 1 heterocycles. The molecule has 1 atom stereocenters. The van der Waals surface area contributed by atoms with E-state index < -0.39 is 17.2 Å². The van der Waals surface area contributed by atoms with Gasteiger partial charge in [0, 0.05) is 6.04 Å². The number of amides is 3. The van der Waals surface area contributed by atoms with Gasteiger partial charge < -0.3 is 15.9 Å². The van der Waals surface area contributed by atoms with Crippen molar-refractivity contribution >= 4 is 23.7 Å². The summed E-state index contributed by atoms with van der Waals surface area (Å²) < 4.78 is 7.02. The highest BCUT2D eigenvalue weighted by molar-refractivity contribution is 8.00. The van der Waals surface area contributed by atoms with E-state index in [-0.39, 0.29) is 12.6 Å². The fourth-order valence-corrected chi connectivity index (χ4v) is 3.25. The van der Waals surface area contributed by atoms with E-state index in [1.807, 2.05) is 24.3 Å². The van der Waals surface area contributed by atoms with Crippen LogP contribution >= 0.6 is 11.8 Å². The Morgan fingerprint density at radius 3 is 2.55 bits per heavy atom. The van der Waals surface area contributed by atoms with E-state index in [2.05, 4.69) is 34.7 Å². The molecule has 3 amide bonds. The zero-order valence-corrected chi connectivity index (χ0v) is 17.5. The summed E-state index contributed by atoms with van der Waals surface area (Å²) in [6.07, 6.45) is 1.91. The second-order valence-electron chi connectivity index (χ2n) is 7.28. The summed E-state index contributed by atoms with van der Waals surface area (Å²) in [4.78, 5) is 23.8. The van der Waals surface area contributed by atoms with Crippen LogP contribution in [-0.4, -0.2) is 38.1 Å². The van der Waals surface area contributed by atoms with Crippen LogP contribution in [0.25, 0.3) is 0 Å². The third-order valence-corrected chi connectivity index (χ3v) is 5.51. The number of benzene rings is 1. The summed E-state index contributed by atoms with van der Waals surface area (Å²) in [6, 6.07) is 7.56. The number of hydrogen-bond acceptors (Lipinski definition) is 7. The first-order valence-corrected chi connectivity index (χ1v) is 10.4. The Kier molecular flexibility index (Phi) is 6.63. The van der Waals surface area contributed by atoms with Crippen molar-refractivity contribution in [3.05, 3.63) is 35.7 Å². The summed E-state index contributed by atoms with van der Waals surface area (Å²) in [5.74, 6) is 7.21. The molecule has 1 aliphatic rings. The van der Waals surface area contributed by atoms with Crippen LogP contribution < -0.4 is 21.2 Å². The second kappa shape index (κ2) is 9.17. The number of imide groups is 1. The van der Waals surface area contributed by atoms with Crippen molar-refractivity contribution in [2.24, 2.45) is 0 Å². The minimum absolute atomic E-state index is 0.148. The highest BCUT2D eigenvalue weighted by Crippen LogP contribution is 2.23. The lowest BCUT2D eigenvalue weighted by molar-refractivity contribution is -0.119. The lowest BCUT2D eigenvalue weighted by Gasteiger charge is -2.11. The molecule has 1 saturated carbocycles. The molecule has 0 radical (unpaired) electrons. The first-order valence-electron chi connectivity index (χ1n) is 9.53. The minimum Gasteiger partial charge on any atom is -0.486 e. The van der Waals surface area contributed by atoms with E-state index in [9.17, 15) is 9.59 Å². The number of nitrogen functional groups attached to an aromatic ring is 1. The summed E-state index contributed by atoms with van der Waals surface area (Å²) in [6.45, 7) is 6.08. The molecule has 1 fully saturated rings. The predicted octanol–water partition coefficient (Wildman–Crippen LogP) is 2.16. The molecule has 10 heteroatoms. The number of aromatic nitrogens is 3. The number of urea groups is 1. The summed E-state index contributed by atoms with van der Waals surface area (Å²) in [5, 5.41) is 12.9. The van der Waals surface area contributed by atoms with Crippen LogP contribution in [0, 0.1) is 0 Å². The Morgan fingerprint density at radius 1 is 1.24 bits per heavy atom. The van der Waals surface area contributed by atoms with E-state index in [1.165, 1.54) is 10.2 Å².